The predicted molar refractivity (Wildman–Crippen MR) is 103 cm³/mol. The second kappa shape index (κ2) is 9.03. The van der Waals surface area contributed by atoms with Gasteiger partial charge in [0.05, 0.1) is 12.5 Å². The van der Waals surface area contributed by atoms with Crippen molar-refractivity contribution in [3.63, 3.8) is 0 Å². The van der Waals surface area contributed by atoms with Crippen molar-refractivity contribution in [3.8, 4) is 5.75 Å². The third kappa shape index (κ3) is 5.09. The molecule has 0 fully saturated rings. The molecule has 2 aromatic rings. The molecule has 1 aliphatic heterocycles. The SMILES string of the molecule is O=C(O)CCCOc1ccc(CNC(=O)C2CC(=O)Nc3ccccc32)cc1. The Morgan fingerprint density at radius 3 is 2.64 bits per heavy atom. The standard InChI is InChI=1S/C21H22N2O5/c24-19-12-17(16-4-1-2-5-18(16)23-19)21(27)22-13-14-7-9-15(10-8-14)28-11-3-6-20(25)26/h1-2,4-5,7-10,17H,3,6,11-13H2,(H,22,27)(H,23,24)(H,25,26). The largest absolute Gasteiger partial charge is 0.494 e. The molecule has 3 rings (SSSR count). The lowest BCUT2D eigenvalue weighted by Gasteiger charge is -2.24. The summed E-state index contributed by atoms with van der Waals surface area (Å²) in [6, 6.07) is 14.6. The summed E-state index contributed by atoms with van der Waals surface area (Å²) in [5, 5.41) is 14.3. The third-order valence-electron chi connectivity index (χ3n) is 4.51. The Morgan fingerprint density at radius 1 is 1.14 bits per heavy atom. The number of hydrogen-bond acceptors (Lipinski definition) is 4. The second-order valence-corrected chi connectivity index (χ2v) is 6.60. The molecule has 2 aromatic carbocycles. The number of benzene rings is 2. The maximum atomic E-state index is 12.6. The Labute approximate surface area is 162 Å². The number of carboxylic acids is 1. The highest BCUT2D eigenvalue weighted by Crippen LogP contribution is 2.32. The number of rotatable bonds is 8. The van der Waals surface area contributed by atoms with E-state index in [1.807, 2.05) is 30.3 Å². The van der Waals surface area contributed by atoms with Gasteiger partial charge in [-0.2, -0.15) is 0 Å². The number of ether oxygens (including phenoxy) is 1. The summed E-state index contributed by atoms with van der Waals surface area (Å²) in [6.07, 6.45) is 0.655. The van der Waals surface area contributed by atoms with Crippen LogP contribution in [-0.4, -0.2) is 29.5 Å². The van der Waals surface area contributed by atoms with Gasteiger partial charge in [0.25, 0.3) is 0 Å². The van der Waals surface area contributed by atoms with E-state index in [2.05, 4.69) is 10.6 Å². The fourth-order valence-corrected chi connectivity index (χ4v) is 3.07. The van der Waals surface area contributed by atoms with Gasteiger partial charge in [0.2, 0.25) is 11.8 Å². The summed E-state index contributed by atoms with van der Waals surface area (Å²) in [7, 11) is 0. The summed E-state index contributed by atoms with van der Waals surface area (Å²) < 4.78 is 5.49. The van der Waals surface area contributed by atoms with E-state index in [1.54, 1.807) is 18.2 Å². The summed E-state index contributed by atoms with van der Waals surface area (Å²) in [6.45, 7) is 0.684. The lowest BCUT2D eigenvalue weighted by Crippen LogP contribution is -2.34. The number of hydrogen-bond donors (Lipinski definition) is 3. The van der Waals surface area contributed by atoms with Crippen LogP contribution in [0.3, 0.4) is 0 Å². The van der Waals surface area contributed by atoms with Crippen LogP contribution in [0.4, 0.5) is 5.69 Å². The number of aliphatic carboxylic acids is 1. The molecule has 0 radical (unpaired) electrons. The molecule has 0 aliphatic carbocycles. The smallest absolute Gasteiger partial charge is 0.303 e. The van der Waals surface area contributed by atoms with Gasteiger partial charge < -0.3 is 20.5 Å². The average Bonchev–Trinajstić information content (AvgIpc) is 2.69. The molecule has 0 aromatic heterocycles. The maximum absolute atomic E-state index is 12.6. The molecule has 146 valence electrons. The summed E-state index contributed by atoms with van der Waals surface area (Å²) >= 11 is 0. The molecule has 1 heterocycles. The zero-order chi connectivity index (χ0) is 19.9. The number of para-hydroxylation sites is 1. The zero-order valence-electron chi connectivity index (χ0n) is 15.3. The monoisotopic (exact) mass is 382 g/mol. The van der Waals surface area contributed by atoms with Gasteiger partial charge in [-0.05, 0) is 35.7 Å². The van der Waals surface area contributed by atoms with E-state index in [0.29, 0.717) is 31.0 Å². The molecule has 28 heavy (non-hydrogen) atoms. The fraction of sp³-hybridized carbons (Fsp3) is 0.286. The third-order valence-corrected chi connectivity index (χ3v) is 4.51. The van der Waals surface area contributed by atoms with Crippen molar-refractivity contribution in [2.75, 3.05) is 11.9 Å². The van der Waals surface area contributed by atoms with E-state index >= 15 is 0 Å². The molecular formula is C21H22N2O5. The molecular weight excluding hydrogens is 360 g/mol. The minimum Gasteiger partial charge on any atom is -0.494 e. The number of amides is 2. The molecule has 1 atom stereocenters. The molecule has 1 unspecified atom stereocenters. The van der Waals surface area contributed by atoms with Gasteiger partial charge in [-0.3, -0.25) is 14.4 Å². The lowest BCUT2D eigenvalue weighted by molar-refractivity contribution is -0.137. The van der Waals surface area contributed by atoms with E-state index in [4.69, 9.17) is 9.84 Å². The van der Waals surface area contributed by atoms with Gasteiger partial charge in [-0.25, -0.2) is 0 Å². The normalized spacial score (nSPS) is 15.3. The molecule has 0 saturated heterocycles. The van der Waals surface area contributed by atoms with Gasteiger partial charge in [0, 0.05) is 25.1 Å². The topological polar surface area (TPSA) is 105 Å². The number of carbonyl (C=O) groups is 3. The molecule has 0 bridgehead atoms. The van der Waals surface area contributed by atoms with E-state index < -0.39 is 11.9 Å². The molecule has 0 spiro atoms. The van der Waals surface area contributed by atoms with E-state index in [1.165, 1.54) is 0 Å². The van der Waals surface area contributed by atoms with Crippen molar-refractivity contribution in [1.29, 1.82) is 0 Å². The molecule has 1 aliphatic rings. The second-order valence-electron chi connectivity index (χ2n) is 6.60. The Hall–Kier alpha value is -3.35. The van der Waals surface area contributed by atoms with Crippen molar-refractivity contribution in [1.82, 2.24) is 5.32 Å². The van der Waals surface area contributed by atoms with Crippen molar-refractivity contribution in [2.24, 2.45) is 0 Å². The van der Waals surface area contributed by atoms with Crippen molar-refractivity contribution in [3.05, 3.63) is 59.7 Å². The number of anilines is 1. The van der Waals surface area contributed by atoms with Gasteiger partial charge in [0.1, 0.15) is 5.75 Å². The fourth-order valence-electron chi connectivity index (χ4n) is 3.07. The minimum atomic E-state index is -0.840. The number of carbonyl (C=O) groups excluding carboxylic acids is 2. The van der Waals surface area contributed by atoms with Crippen LogP contribution in [0.2, 0.25) is 0 Å². The maximum Gasteiger partial charge on any atom is 0.303 e. The Morgan fingerprint density at radius 2 is 1.89 bits per heavy atom. The minimum absolute atomic E-state index is 0.0758. The predicted octanol–water partition coefficient (Wildman–Crippen LogP) is 2.67. The van der Waals surface area contributed by atoms with E-state index in [-0.39, 0.29) is 24.7 Å². The van der Waals surface area contributed by atoms with Crippen LogP contribution < -0.4 is 15.4 Å². The highest BCUT2D eigenvalue weighted by molar-refractivity contribution is 6.01. The van der Waals surface area contributed by atoms with Crippen molar-refractivity contribution < 1.29 is 24.2 Å². The van der Waals surface area contributed by atoms with Gasteiger partial charge >= 0.3 is 5.97 Å². The Balaban J connectivity index is 1.52. The lowest BCUT2D eigenvalue weighted by atomic mass is 9.90. The molecule has 7 nitrogen and oxygen atoms in total. The van der Waals surface area contributed by atoms with Crippen LogP contribution in [0.1, 0.15) is 36.3 Å². The first-order valence-electron chi connectivity index (χ1n) is 9.13. The highest BCUT2D eigenvalue weighted by Gasteiger charge is 2.30. The molecule has 7 heteroatoms. The quantitative estimate of drug-likeness (QED) is 0.609. The van der Waals surface area contributed by atoms with Gasteiger partial charge in [0.15, 0.2) is 0 Å². The van der Waals surface area contributed by atoms with Crippen LogP contribution in [0.25, 0.3) is 0 Å². The summed E-state index contributed by atoms with van der Waals surface area (Å²) in [5.41, 5.74) is 2.41. The van der Waals surface area contributed by atoms with Crippen molar-refractivity contribution >= 4 is 23.5 Å². The Bertz CT molecular complexity index is 863. The van der Waals surface area contributed by atoms with Crippen molar-refractivity contribution in [2.45, 2.75) is 31.7 Å². The summed E-state index contributed by atoms with van der Waals surface area (Å²) in [5.74, 6) is -1.03. The Kier molecular flexibility index (Phi) is 6.26. The number of fused-ring (bicyclic) bond motifs is 1. The zero-order valence-corrected chi connectivity index (χ0v) is 15.3. The van der Waals surface area contributed by atoms with Crippen LogP contribution in [0, 0.1) is 0 Å². The first-order chi connectivity index (χ1) is 13.5. The summed E-state index contributed by atoms with van der Waals surface area (Å²) in [4.78, 5) is 34.9. The first kappa shape index (κ1) is 19.4. The van der Waals surface area contributed by atoms with E-state index in [0.717, 1.165) is 11.1 Å². The van der Waals surface area contributed by atoms with Gasteiger partial charge in [-0.15, -0.1) is 0 Å². The van der Waals surface area contributed by atoms with Crippen LogP contribution in [0.15, 0.2) is 48.5 Å². The molecule has 3 N–H and O–H groups in total. The van der Waals surface area contributed by atoms with Gasteiger partial charge in [-0.1, -0.05) is 30.3 Å². The molecule has 2 amide bonds. The molecule has 0 saturated carbocycles. The first-order valence-corrected chi connectivity index (χ1v) is 9.13. The average molecular weight is 382 g/mol. The number of nitrogens with one attached hydrogen (secondary N) is 2. The van der Waals surface area contributed by atoms with Crippen LogP contribution in [0.5, 0.6) is 5.75 Å². The number of carboxylic acid groups (broad SMARTS) is 1. The van der Waals surface area contributed by atoms with E-state index in [9.17, 15) is 14.4 Å². The van der Waals surface area contributed by atoms with Crippen LogP contribution >= 0.6 is 0 Å². The van der Waals surface area contributed by atoms with Crippen LogP contribution in [-0.2, 0) is 20.9 Å². The highest BCUT2D eigenvalue weighted by atomic mass is 16.5.